The lowest BCUT2D eigenvalue weighted by Crippen LogP contribution is -2.30. The Morgan fingerprint density at radius 1 is 1.13 bits per heavy atom. The first-order valence-corrected chi connectivity index (χ1v) is 9.66. The number of nitro groups is 1. The van der Waals surface area contributed by atoms with Crippen LogP contribution in [0.1, 0.15) is 15.2 Å². The average Bonchev–Trinajstić information content (AvgIpc) is 3.25. The second kappa shape index (κ2) is 9.29. The van der Waals surface area contributed by atoms with Crippen molar-refractivity contribution in [1.29, 1.82) is 0 Å². The highest BCUT2D eigenvalue weighted by Gasteiger charge is 2.17. The van der Waals surface area contributed by atoms with E-state index < -0.39 is 22.6 Å². The normalized spacial score (nSPS) is 11.1. The number of halogens is 2. The molecule has 1 heterocycles. The van der Waals surface area contributed by atoms with Gasteiger partial charge < -0.3 is 10.6 Å². The van der Waals surface area contributed by atoms with E-state index in [1.54, 1.807) is 23.6 Å². The fourth-order valence-corrected chi connectivity index (χ4v) is 3.22. The second-order valence-electron chi connectivity index (χ2n) is 5.92. The number of hydrogen-bond donors (Lipinski definition) is 2. The van der Waals surface area contributed by atoms with E-state index in [4.69, 9.17) is 11.6 Å². The molecule has 0 unspecified atom stereocenters. The first-order valence-electron chi connectivity index (χ1n) is 8.41. The largest absolute Gasteiger partial charge is 0.321 e. The van der Waals surface area contributed by atoms with Crippen LogP contribution < -0.4 is 10.6 Å². The van der Waals surface area contributed by atoms with E-state index in [-0.39, 0.29) is 22.1 Å². The van der Waals surface area contributed by atoms with E-state index >= 15 is 0 Å². The lowest BCUT2D eigenvalue weighted by atomic mass is 10.1. The standard InChI is InChI=1S/C20H13ClFN3O4S/c21-15-11-13(6-7-16(15)22)23-19(26)17(24-20(27)18-5-2-8-30-18)10-12-3-1-4-14(9-12)25(28)29/h1-11H,(H,23,26)(H,24,27). The molecular formula is C20H13ClFN3O4S. The van der Waals surface area contributed by atoms with Crippen molar-refractivity contribution in [3.05, 3.63) is 97.1 Å². The molecule has 0 fully saturated rings. The number of thiophene rings is 1. The zero-order valence-electron chi connectivity index (χ0n) is 15.1. The minimum absolute atomic E-state index is 0.158. The molecule has 3 rings (SSSR count). The number of nitro benzene ring substituents is 1. The van der Waals surface area contributed by atoms with Crippen molar-refractivity contribution >= 4 is 52.2 Å². The van der Waals surface area contributed by atoms with Gasteiger partial charge in [0.25, 0.3) is 17.5 Å². The van der Waals surface area contributed by atoms with Gasteiger partial charge in [0.1, 0.15) is 11.5 Å². The number of non-ortho nitro benzene ring substituents is 1. The van der Waals surface area contributed by atoms with Crippen LogP contribution in [0.5, 0.6) is 0 Å². The summed E-state index contributed by atoms with van der Waals surface area (Å²) in [6, 6.07) is 12.5. The van der Waals surface area contributed by atoms with Crippen molar-refractivity contribution in [2.75, 3.05) is 5.32 Å². The van der Waals surface area contributed by atoms with E-state index in [1.165, 1.54) is 47.7 Å². The molecule has 0 radical (unpaired) electrons. The van der Waals surface area contributed by atoms with Gasteiger partial charge in [0.15, 0.2) is 0 Å². The molecule has 0 bridgehead atoms. The topological polar surface area (TPSA) is 101 Å². The summed E-state index contributed by atoms with van der Waals surface area (Å²) in [5.74, 6) is -1.88. The van der Waals surface area contributed by atoms with Crippen LogP contribution in [-0.2, 0) is 4.79 Å². The minimum Gasteiger partial charge on any atom is -0.321 e. The van der Waals surface area contributed by atoms with Crippen molar-refractivity contribution in [1.82, 2.24) is 5.32 Å². The highest BCUT2D eigenvalue weighted by Crippen LogP contribution is 2.21. The molecule has 0 spiro atoms. The van der Waals surface area contributed by atoms with Crippen molar-refractivity contribution in [2.45, 2.75) is 0 Å². The first-order chi connectivity index (χ1) is 14.3. The Morgan fingerprint density at radius 3 is 2.60 bits per heavy atom. The molecule has 3 aromatic rings. The first kappa shape index (κ1) is 21.2. The Kier molecular flexibility index (Phi) is 6.55. The summed E-state index contributed by atoms with van der Waals surface area (Å²) in [5, 5.41) is 17.5. The number of anilines is 1. The number of rotatable bonds is 6. The van der Waals surface area contributed by atoms with Crippen LogP contribution in [0.3, 0.4) is 0 Å². The molecule has 10 heteroatoms. The van der Waals surface area contributed by atoms with E-state index in [1.807, 2.05) is 0 Å². The number of nitrogens with zero attached hydrogens (tertiary/aromatic N) is 1. The molecule has 30 heavy (non-hydrogen) atoms. The van der Waals surface area contributed by atoms with Gasteiger partial charge in [-0.3, -0.25) is 19.7 Å². The van der Waals surface area contributed by atoms with E-state index in [0.29, 0.717) is 10.4 Å². The molecule has 0 saturated carbocycles. The van der Waals surface area contributed by atoms with E-state index in [0.717, 1.165) is 6.07 Å². The molecule has 2 N–H and O–H groups in total. The highest BCUT2D eigenvalue weighted by atomic mass is 35.5. The molecule has 0 saturated heterocycles. The molecule has 0 aliphatic carbocycles. The van der Waals surface area contributed by atoms with Gasteiger partial charge in [-0.2, -0.15) is 0 Å². The van der Waals surface area contributed by atoms with E-state index in [2.05, 4.69) is 10.6 Å². The fraction of sp³-hybridized carbons (Fsp3) is 0. The monoisotopic (exact) mass is 445 g/mol. The Labute approximate surface area is 179 Å². The summed E-state index contributed by atoms with van der Waals surface area (Å²) in [7, 11) is 0. The Morgan fingerprint density at radius 2 is 1.93 bits per heavy atom. The molecule has 7 nitrogen and oxygen atoms in total. The zero-order chi connectivity index (χ0) is 21.7. The van der Waals surface area contributed by atoms with Gasteiger partial charge in [-0.25, -0.2) is 4.39 Å². The SMILES string of the molecule is O=C(Nc1ccc(F)c(Cl)c1)C(=Cc1cccc([N+](=O)[O-])c1)NC(=O)c1cccs1. The van der Waals surface area contributed by atoms with Gasteiger partial charge in [0.2, 0.25) is 0 Å². The third-order valence-electron chi connectivity index (χ3n) is 3.81. The number of nitrogens with one attached hydrogen (secondary N) is 2. The third kappa shape index (κ3) is 5.28. The molecule has 0 atom stereocenters. The highest BCUT2D eigenvalue weighted by molar-refractivity contribution is 7.12. The van der Waals surface area contributed by atoms with Crippen molar-refractivity contribution in [2.24, 2.45) is 0 Å². The van der Waals surface area contributed by atoms with Crippen LogP contribution in [0.2, 0.25) is 5.02 Å². The quantitative estimate of drug-likeness (QED) is 0.321. The zero-order valence-corrected chi connectivity index (χ0v) is 16.7. The maximum Gasteiger partial charge on any atom is 0.272 e. The van der Waals surface area contributed by atoms with Crippen LogP contribution in [0.25, 0.3) is 6.08 Å². The maximum absolute atomic E-state index is 13.3. The predicted octanol–water partition coefficient (Wildman–Crippen LogP) is 4.86. The minimum atomic E-state index is -0.714. The van der Waals surface area contributed by atoms with Gasteiger partial charge in [0.05, 0.1) is 14.8 Å². The van der Waals surface area contributed by atoms with Gasteiger partial charge in [0, 0.05) is 17.8 Å². The van der Waals surface area contributed by atoms with Gasteiger partial charge in [-0.15, -0.1) is 11.3 Å². The molecule has 2 amide bonds. The summed E-state index contributed by atoms with van der Waals surface area (Å²) >= 11 is 6.92. The van der Waals surface area contributed by atoms with Crippen LogP contribution in [-0.4, -0.2) is 16.7 Å². The lowest BCUT2D eigenvalue weighted by molar-refractivity contribution is -0.384. The Hall–Kier alpha value is -3.56. The third-order valence-corrected chi connectivity index (χ3v) is 4.97. The summed E-state index contributed by atoms with van der Waals surface area (Å²) in [4.78, 5) is 36.0. The average molecular weight is 446 g/mol. The number of hydrogen-bond acceptors (Lipinski definition) is 5. The van der Waals surface area contributed by atoms with Crippen LogP contribution >= 0.6 is 22.9 Å². The van der Waals surface area contributed by atoms with Gasteiger partial charge in [-0.1, -0.05) is 29.8 Å². The number of benzene rings is 2. The summed E-state index contributed by atoms with van der Waals surface area (Å²) < 4.78 is 13.3. The van der Waals surface area contributed by atoms with Crippen LogP contribution in [0, 0.1) is 15.9 Å². The maximum atomic E-state index is 13.3. The molecule has 0 aliphatic heterocycles. The van der Waals surface area contributed by atoms with Gasteiger partial charge in [-0.05, 0) is 41.3 Å². The lowest BCUT2D eigenvalue weighted by Gasteiger charge is -2.11. The van der Waals surface area contributed by atoms with E-state index in [9.17, 15) is 24.1 Å². The smallest absolute Gasteiger partial charge is 0.272 e. The number of carbonyl (C=O) groups is 2. The Bertz CT molecular complexity index is 1150. The molecular weight excluding hydrogens is 433 g/mol. The van der Waals surface area contributed by atoms with Crippen LogP contribution in [0.4, 0.5) is 15.8 Å². The number of amides is 2. The molecule has 152 valence electrons. The molecule has 2 aromatic carbocycles. The second-order valence-corrected chi connectivity index (χ2v) is 7.28. The van der Waals surface area contributed by atoms with Gasteiger partial charge >= 0.3 is 0 Å². The van der Waals surface area contributed by atoms with Crippen molar-refractivity contribution in [3.8, 4) is 0 Å². The number of carbonyl (C=O) groups excluding carboxylic acids is 2. The fourth-order valence-electron chi connectivity index (χ4n) is 2.42. The predicted molar refractivity (Wildman–Crippen MR) is 113 cm³/mol. The summed E-state index contributed by atoms with van der Waals surface area (Å²) in [5.41, 5.74) is 0.215. The van der Waals surface area contributed by atoms with Crippen LogP contribution in [0.15, 0.2) is 65.7 Å². The summed E-state index contributed by atoms with van der Waals surface area (Å²) in [6.45, 7) is 0. The molecule has 0 aliphatic rings. The Balaban J connectivity index is 1.92. The molecule has 1 aromatic heterocycles. The summed E-state index contributed by atoms with van der Waals surface area (Å²) in [6.07, 6.45) is 1.30. The van der Waals surface area contributed by atoms with Crippen molar-refractivity contribution < 1.29 is 18.9 Å². The van der Waals surface area contributed by atoms with Crippen molar-refractivity contribution in [3.63, 3.8) is 0 Å².